The Morgan fingerprint density at radius 2 is 1.73 bits per heavy atom. The van der Waals surface area contributed by atoms with Crippen LogP contribution in [0.2, 0.25) is 0 Å². The summed E-state index contributed by atoms with van der Waals surface area (Å²) < 4.78 is 38.6. The van der Waals surface area contributed by atoms with Crippen LogP contribution in [0.5, 0.6) is 0 Å². The van der Waals surface area contributed by atoms with Gasteiger partial charge in [-0.15, -0.1) is 0 Å². The lowest BCUT2D eigenvalue weighted by molar-refractivity contribution is 0.0643. The molecule has 1 amide bonds. The van der Waals surface area contributed by atoms with Gasteiger partial charge in [-0.05, 0) is 18.2 Å². The van der Waals surface area contributed by atoms with E-state index in [0.29, 0.717) is 12.5 Å². The van der Waals surface area contributed by atoms with Crippen molar-refractivity contribution in [3.63, 3.8) is 0 Å². The minimum absolute atomic E-state index is 0.0417. The third-order valence-electron chi connectivity index (χ3n) is 4.85. The van der Waals surface area contributed by atoms with Gasteiger partial charge in [0.1, 0.15) is 5.82 Å². The van der Waals surface area contributed by atoms with E-state index in [0.717, 1.165) is 0 Å². The molecule has 0 radical (unpaired) electrons. The fourth-order valence-electron chi connectivity index (χ4n) is 3.68. The molecule has 2 saturated heterocycles. The number of rotatable bonds is 2. The van der Waals surface area contributed by atoms with Crippen LogP contribution in [0.3, 0.4) is 0 Å². The number of halogens is 1. The molecule has 3 heterocycles. The molecule has 136 valence electrons. The lowest BCUT2D eigenvalue weighted by atomic mass is 10.0. The maximum absolute atomic E-state index is 14.0. The number of anilines is 1. The standard InChI is InChI=1S/C17H17FN4O3S/c18-13-5-2-1-4-12(13)16(23)21-8-9-22(17-19-6-3-7-20-17)15-11-26(24,25)10-14(15)21/h1-7,14-15H,8-11H2/t14-,15+/m0/s1. The van der Waals surface area contributed by atoms with Gasteiger partial charge < -0.3 is 9.80 Å². The van der Waals surface area contributed by atoms with E-state index in [4.69, 9.17) is 0 Å². The highest BCUT2D eigenvalue weighted by Gasteiger charge is 2.49. The highest BCUT2D eigenvalue weighted by atomic mass is 32.2. The molecule has 0 unspecified atom stereocenters. The number of piperazine rings is 1. The van der Waals surface area contributed by atoms with Gasteiger partial charge in [-0.1, -0.05) is 12.1 Å². The summed E-state index contributed by atoms with van der Waals surface area (Å²) >= 11 is 0. The molecule has 0 aliphatic carbocycles. The van der Waals surface area contributed by atoms with Crippen molar-refractivity contribution < 1.29 is 17.6 Å². The zero-order valence-corrected chi connectivity index (χ0v) is 14.6. The van der Waals surface area contributed by atoms with Gasteiger partial charge >= 0.3 is 0 Å². The van der Waals surface area contributed by atoms with Gasteiger partial charge in [-0.25, -0.2) is 22.8 Å². The average molecular weight is 376 g/mol. The molecular formula is C17H17FN4O3S. The van der Waals surface area contributed by atoms with Crippen LogP contribution in [0, 0.1) is 5.82 Å². The normalized spacial score (nSPS) is 24.3. The molecule has 26 heavy (non-hydrogen) atoms. The van der Waals surface area contributed by atoms with E-state index in [1.807, 2.05) is 4.90 Å². The Morgan fingerprint density at radius 1 is 1.04 bits per heavy atom. The highest BCUT2D eigenvalue weighted by Crippen LogP contribution is 2.30. The summed E-state index contributed by atoms with van der Waals surface area (Å²) in [6.45, 7) is 0.670. The third-order valence-corrected chi connectivity index (χ3v) is 6.55. The summed E-state index contributed by atoms with van der Waals surface area (Å²) in [5.41, 5.74) is -0.0417. The molecule has 0 N–H and O–H groups in total. The van der Waals surface area contributed by atoms with E-state index < -0.39 is 33.6 Å². The maximum Gasteiger partial charge on any atom is 0.257 e. The first-order valence-corrected chi connectivity index (χ1v) is 10.1. The number of hydrogen-bond donors (Lipinski definition) is 0. The molecule has 2 aliphatic rings. The molecule has 4 rings (SSSR count). The Balaban J connectivity index is 1.68. The summed E-state index contributed by atoms with van der Waals surface area (Å²) in [7, 11) is -3.31. The Morgan fingerprint density at radius 3 is 2.46 bits per heavy atom. The Hall–Kier alpha value is -2.55. The number of fused-ring (bicyclic) bond motifs is 1. The molecule has 1 aromatic carbocycles. The first kappa shape index (κ1) is 16.9. The quantitative estimate of drug-likeness (QED) is 0.769. The van der Waals surface area contributed by atoms with Crippen LogP contribution in [0.15, 0.2) is 42.7 Å². The molecule has 2 atom stereocenters. The second kappa shape index (κ2) is 6.31. The molecule has 1 aromatic heterocycles. The average Bonchev–Trinajstić information content (AvgIpc) is 2.96. The fourth-order valence-corrected chi connectivity index (χ4v) is 5.66. The number of nitrogens with zero attached hydrogens (tertiary/aromatic N) is 4. The number of carbonyl (C=O) groups is 1. The Bertz CT molecular complexity index is 938. The second-order valence-corrected chi connectivity index (χ2v) is 8.59. The van der Waals surface area contributed by atoms with Crippen molar-refractivity contribution in [2.24, 2.45) is 0 Å². The van der Waals surface area contributed by atoms with Gasteiger partial charge in [0.05, 0.1) is 29.2 Å². The van der Waals surface area contributed by atoms with Crippen LogP contribution in [-0.4, -0.2) is 65.9 Å². The molecule has 2 fully saturated rings. The lowest BCUT2D eigenvalue weighted by Crippen LogP contribution is -2.61. The van der Waals surface area contributed by atoms with Gasteiger partial charge in [-0.2, -0.15) is 0 Å². The predicted molar refractivity (Wildman–Crippen MR) is 93.0 cm³/mol. The molecule has 9 heteroatoms. The lowest BCUT2D eigenvalue weighted by Gasteiger charge is -2.43. The van der Waals surface area contributed by atoms with Crippen LogP contribution in [0.1, 0.15) is 10.4 Å². The van der Waals surface area contributed by atoms with Gasteiger partial charge in [0.15, 0.2) is 9.84 Å². The van der Waals surface area contributed by atoms with Crippen LogP contribution in [0.4, 0.5) is 10.3 Å². The van der Waals surface area contributed by atoms with E-state index in [9.17, 15) is 17.6 Å². The topological polar surface area (TPSA) is 83.5 Å². The molecule has 0 bridgehead atoms. The Kier molecular flexibility index (Phi) is 4.10. The molecular weight excluding hydrogens is 359 g/mol. The number of aromatic nitrogens is 2. The van der Waals surface area contributed by atoms with E-state index in [2.05, 4.69) is 9.97 Å². The van der Waals surface area contributed by atoms with E-state index in [1.54, 1.807) is 24.5 Å². The van der Waals surface area contributed by atoms with E-state index in [-0.39, 0.29) is 23.6 Å². The first-order valence-electron chi connectivity index (χ1n) is 8.26. The van der Waals surface area contributed by atoms with Crippen molar-refractivity contribution in [1.29, 1.82) is 0 Å². The highest BCUT2D eigenvalue weighted by molar-refractivity contribution is 7.91. The summed E-state index contributed by atoms with van der Waals surface area (Å²) in [4.78, 5) is 24.6. The van der Waals surface area contributed by atoms with Crippen LogP contribution in [-0.2, 0) is 9.84 Å². The van der Waals surface area contributed by atoms with Crippen molar-refractivity contribution in [2.45, 2.75) is 12.1 Å². The van der Waals surface area contributed by atoms with Gasteiger partial charge in [0.25, 0.3) is 5.91 Å². The monoisotopic (exact) mass is 376 g/mol. The minimum Gasteiger partial charge on any atom is -0.333 e. The van der Waals surface area contributed by atoms with Crippen LogP contribution < -0.4 is 4.90 Å². The fraction of sp³-hybridized carbons (Fsp3) is 0.353. The van der Waals surface area contributed by atoms with Gasteiger partial charge in [0.2, 0.25) is 5.95 Å². The summed E-state index contributed by atoms with van der Waals surface area (Å²) in [5.74, 6) is -0.858. The summed E-state index contributed by atoms with van der Waals surface area (Å²) in [6.07, 6.45) is 3.19. The molecule has 2 aromatic rings. The molecule has 0 spiro atoms. The SMILES string of the molecule is O=C(c1ccccc1F)N1CCN(c2ncccn2)[C@@H]2CS(=O)(=O)C[C@@H]21. The van der Waals surface area contributed by atoms with Crippen molar-refractivity contribution in [3.05, 3.63) is 54.1 Å². The smallest absolute Gasteiger partial charge is 0.257 e. The molecule has 7 nitrogen and oxygen atoms in total. The summed E-state index contributed by atoms with van der Waals surface area (Å²) in [6, 6.07) is 6.45. The number of hydrogen-bond acceptors (Lipinski definition) is 6. The summed E-state index contributed by atoms with van der Waals surface area (Å²) in [5, 5.41) is 0. The molecule has 0 saturated carbocycles. The second-order valence-electron chi connectivity index (χ2n) is 6.43. The largest absolute Gasteiger partial charge is 0.333 e. The number of sulfone groups is 1. The number of carbonyl (C=O) groups excluding carboxylic acids is 1. The number of benzene rings is 1. The molecule has 2 aliphatic heterocycles. The minimum atomic E-state index is -3.31. The third kappa shape index (κ3) is 2.92. The van der Waals surface area contributed by atoms with Gasteiger partial charge in [0, 0.05) is 25.5 Å². The van der Waals surface area contributed by atoms with Crippen molar-refractivity contribution >= 4 is 21.7 Å². The van der Waals surface area contributed by atoms with E-state index >= 15 is 0 Å². The van der Waals surface area contributed by atoms with Crippen LogP contribution >= 0.6 is 0 Å². The zero-order chi connectivity index (χ0) is 18.3. The van der Waals surface area contributed by atoms with E-state index in [1.165, 1.54) is 23.1 Å². The van der Waals surface area contributed by atoms with Crippen LogP contribution in [0.25, 0.3) is 0 Å². The predicted octanol–water partition coefficient (Wildman–Crippen LogP) is 0.744. The Labute approximate surface area is 150 Å². The van der Waals surface area contributed by atoms with Crippen molar-refractivity contribution in [1.82, 2.24) is 14.9 Å². The van der Waals surface area contributed by atoms with Crippen molar-refractivity contribution in [3.8, 4) is 0 Å². The number of amides is 1. The zero-order valence-electron chi connectivity index (χ0n) is 13.8. The first-order chi connectivity index (χ1) is 12.5. The maximum atomic E-state index is 14.0. The van der Waals surface area contributed by atoms with Crippen molar-refractivity contribution in [2.75, 3.05) is 29.5 Å². The van der Waals surface area contributed by atoms with Gasteiger partial charge in [-0.3, -0.25) is 4.79 Å².